The summed E-state index contributed by atoms with van der Waals surface area (Å²) >= 11 is 0. The van der Waals surface area contributed by atoms with Crippen LogP contribution < -0.4 is 0 Å². The Labute approximate surface area is 49.5 Å². The van der Waals surface area contributed by atoms with Crippen LogP contribution in [0.15, 0.2) is 0 Å². The highest BCUT2D eigenvalue weighted by Crippen LogP contribution is 2.18. The zero-order valence-electron chi connectivity index (χ0n) is 5.29. The Balaban J connectivity index is 2.44. The summed E-state index contributed by atoms with van der Waals surface area (Å²) in [5.74, 6) is 0.324. The van der Waals surface area contributed by atoms with Gasteiger partial charge in [0.25, 0.3) is 0 Å². The zero-order valence-corrected chi connectivity index (χ0v) is 5.29. The highest BCUT2D eigenvalue weighted by atomic mass is 16.5. The molecule has 0 bridgehead atoms. The van der Waals surface area contributed by atoms with E-state index in [1.54, 1.807) is 0 Å². The molecule has 0 amide bonds. The molecule has 0 aromatic rings. The van der Waals surface area contributed by atoms with E-state index in [9.17, 15) is 0 Å². The second-order valence-corrected chi connectivity index (χ2v) is 2.51. The standard InChI is InChI=1S/C6H12O2/c1-4-3-8-5(2)6(4)7/h4-7H,3H2,1-2H3. The predicted octanol–water partition coefficient (Wildman–Crippen LogP) is 0.402. The zero-order chi connectivity index (χ0) is 6.15. The minimum Gasteiger partial charge on any atom is -0.390 e. The molecular formula is C6H12O2. The monoisotopic (exact) mass is 116 g/mol. The molecule has 0 spiro atoms. The first kappa shape index (κ1) is 6.05. The lowest BCUT2D eigenvalue weighted by Gasteiger charge is -2.08. The van der Waals surface area contributed by atoms with Crippen molar-refractivity contribution in [2.75, 3.05) is 6.61 Å². The van der Waals surface area contributed by atoms with Crippen LogP contribution in [0.25, 0.3) is 0 Å². The van der Waals surface area contributed by atoms with Gasteiger partial charge in [0.15, 0.2) is 0 Å². The van der Waals surface area contributed by atoms with E-state index >= 15 is 0 Å². The quantitative estimate of drug-likeness (QED) is 0.496. The number of aliphatic hydroxyl groups excluding tert-OH is 1. The molecule has 2 heteroatoms. The molecule has 0 saturated carbocycles. The Morgan fingerprint density at radius 2 is 2.12 bits per heavy atom. The van der Waals surface area contributed by atoms with E-state index in [2.05, 4.69) is 0 Å². The van der Waals surface area contributed by atoms with Crippen LogP contribution in [0.5, 0.6) is 0 Å². The van der Waals surface area contributed by atoms with Crippen molar-refractivity contribution in [3.05, 3.63) is 0 Å². The van der Waals surface area contributed by atoms with Gasteiger partial charge >= 0.3 is 0 Å². The van der Waals surface area contributed by atoms with Gasteiger partial charge < -0.3 is 9.84 Å². The van der Waals surface area contributed by atoms with Crippen molar-refractivity contribution in [1.82, 2.24) is 0 Å². The first-order chi connectivity index (χ1) is 3.72. The summed E-state index contributed by atoms with van der Waals surface area (Å²) in [6, 6.07) is 0. The van der Waals surface area contributed by atoms with Crippen molar-refractivity contribution in [1.29, 1.82) is 0 Å². The molecule has 1 rings (SSSR count). The molecule has 0 radical (unpaired) electrons. The van der Waals surface area contributed by atoms with Gasteiger partial charge in [-0.25, -0.2) is 0 Å². The summed E-state index contributed by atoms with van der Waals surface area (Å²) in [4.78, 5) is 0. The van der Waals surface area contributed by atoms with Gasteiger partial charge in [-0.15, -0.1) is 0 Å². The Bertz CT molecular complexity index is 72.6. The molecule has 1 fully saturated rings. The van der Waals surface area contributed by atoms with Crippen molar-refractivity contribution >= 4 is 0 Å². The average Bonchev–Trinajstić information content (AvgIpc) is 1.98. The van der Waals surface area contributed by atoms with Crippen LogP contribution in [-0.4, -0.2) is 23.9 Å². The molecule has 1 N–H and O–H groups in total. The Kier molecular flexibility index (Phi) is 1.54. The van der Waals surface area contributed by atoms with Crippen LogP contribution in [0.2, 0.25) is 0 Å². The lowest BCUT2D eigenvalue weighted by Crippen LogP contribution is -2.21. The predicted molar refractivity (Wildman–Crippen MR) is 30.6 cm³/mol. The van der Waals surface area contributed by atoms with Gasteiger partial charge in [-0.3, -0.25) is 0 Å². The van der Waals surface area contributed by atoms with Crippen molar-refractivity contribution < 1.29 is 9.84 Å². The second kappa shape index (κ2) is 2.03. The fourth-order valence-electron chi connectivity index (χ4n) is 0.963. The summed E-state index contributed by atoms with van der Waals surface area (Å²) < 4.78 is 5.13. The lowest BCUT2D eigenvalue weighted by molar-refractivity contribution is 0.0525. The third kappa shape index (κ3) is 0.858. The van der Waals surface area contributed by atoms with Crippen molar-refractivity contribution in [3.8, 4) is 0 Å². The van der Waals surface area contributed by atoms with Crippen molar-refractivity contribution in [2.45, 2.75) is 26.1 Å². The molecule has 0 aromatic carbocycles. The fourth-order valence-corrected chi connectivity index (χ4v) is 0.963. The fraction of sp³-hybridized carbons (Fsp3) is 1.00. The number of hydrogen-bond acceptors (Lipinski definition) is 2. The number of rotatable bonds is 0. The minimum atomic E-state index is -0.241. The largest absolute Gasteiger partial charge is 0.390 e. The summed E-state index contributed by atoms with van der Waals surface area (Å²) in [5, 5.41) is 9.14. The van der Waals surface area contributed by atoms with E-state index in [1.807, 2.05) is 13.8 Å². The van der Waals surface area contributed by atoms with E-state index in [-0.39, 0.29) is 12.2 Å². The second-order valence-electron chi connectivity index (χ2n) is 2.51. The highest BCUT2D eigenvalue weighted by molar-refractivity contribution is 4.76. The third-order valence-corrected chi connectivity index (χ3v) is 1.69. The van der Waals surface area contributed by atoms with E-state index in [1.165, 1.54) is 0 Å². The number of ether oxygens (including phenoxy) is 1. The molecule has 1 aliphatic heterocycles. The van der Waals surface area contributed by atoms with Crippen LogP contribution in [0.4, 0.5) is 0 Å². The maximum atomic E-state index is 9.14. The van der Waals surface area contributed by atoms with Gasteiger partial charge in [0.2, 0.25) is 0 Å². The van der Waals surface area contributed by atoms with Crippen LogP contribution in [0.1, 0.15) is 13.8 Å². The number of aliphatic hydroxyl groups is 1. The Morgan fingerprint density at radius 3 is 2.25 bits per heavy atom. The number of hydrogen-bond donors (Lipinski definition) is 1. The smallest absolute Gasteiger partial charge is 0.0846 e. The van der Waals surface area contributed by atoms with Crippen LogP contribution in [0, 0.1) is 5.92 Å². The first-order valence-electron chi connectivity index (χ1n) is 3.01. The molecule has 3 unspecified atom stereocenters. The molecule has 1 heterocycles. The van der Waals surface area contributed by atoms with Gasteiger partial charge in [-0.05, 0) is 6.92 Å². The van der Waals surface area contributed by atoms with Gasteiger partial charge in [-0.1, -0.05) is 6.92 Å². The molecule has 1 aliphatic rings. The first-order valence-corrected chi connectivity index (χ1v) is 3.01. The summed E-state index contributed by atoms with van der Waals surface area (Å²) in [6.45, 7) is 4.60. The van der Waals surface area contributed by atoms with Crippen molar-refractivity contribution in [2.24, 2.45) is 5.92 Å². The Hall–Kier alpha value is -0.0800. The highest BCUT2D eigenvalue weighted by Gasteiger charge is 2.28. The molecule has 48 valence electrons. The third-order valence-electron chi connectivity index (χ3n) is 1.69. The molecule has 0 aromatic heterocycles. The topological polar surface area (TPSA) is 29.5 Å². The Morgan fingerprint density at radius 1 is 1.50 bits per heavy atom. The average molecular weight is 116 g/mol. The van der Waals surface area contributed by atoms with E-state index < -0.39 is 0 Å². The normalized spacial score (nSPS) is 47.6. The van der Waals surface area contributed by atoms with Crippen LogP contribution in [-0.2, 0) is 4.74 Å². The van der Waals surface area contributed by atoms with Gasteiger partial charge in [0.05, 0.1) is 18.8 Å². The van der Waals surface area contributed by atoms with Crippen LogP contribution in [0.3, 0.4) is 0 Å². The van der Waals surface area contributed by atoms with E-state index in [0.29, 0.717) is 12.5 Å². The molecular weight excluding hydrogens is 104 g/mol. The van der Waals surface area contributed by atoms with Crippen molar-refractivity contribution in [3.63, 3.8) is 0 Å². The molecule has 0 aliphatic carbocycles. The van der Waals surface area contributed by atoms with Gasteiger partial charge in [0.1, 0.15) is 0 Å². The molecule has 2 nitrogen and oxygen atoms in total. The maximum absolute atomic E-state index is 9.14. The van der Waals surface area contributed by atoms with E-state index in [0.717, 1.165) is 0 Å². The summed E-state index contributed by atoms with van der Waals surface area (Å²) in [7, 11) is 0. The molecule has 1 saturated heterocycles. The maximum Gasteiger partial charge on any atom is 0.0846 e. The molecule has 8 heavy (non-hydrogen) atoms. The lowest BCUT2D eigenvalue weighted by atomic mass is 10.1. The summed E-state index contributed by atoms with van der Waals surface area (Å²) in [5.41, 5.74) is 0. The van der Waals surface area contributed by atoms with Gasteiger partial charge in [0, 0.05) is 5.92 Å². The minimum absolute atomic E-state index is 0.0463. The van der Waals surface area contributed by atoms with E-state index in [4.69, 9.17) is 9.84 Å². The SMILES string of the molecule is CC1COC(C)C1O. The summed E-state index contributed by atoms with van der Waals surface area (Å²) in [6.07, 6.45) is -0.194. The molecule has 3 atom stereocenters. The van der Waals surface area contributed by atoms with Gasteiger partial charge in [-0.2, -0.15) is 0 Å². The van der Waals surface area contributed by atoms with Crippen LogP contribution >= 0.6 is 0 Å².